The summed E-state index contributed by atoms with van der Waals surface area (Å²) < 4.78 is 36.4. The lowest BCUT2D eigenvalue weighted by Gasteiger charge is -2.29. The molecule has 1 fully saturated rings. The summed E-state index contributed by atoms with van der Waals surface area (Å²) in [6.45, 7) is 1.75. The first-order valence-corrected chi connectivity index (χ1v) is 11.0. The molecular formula is C20H28N2O6S. The maximum atomic E-state index is 12.1. The molecular weight excluding hydrogens is 396 g/mol. The van der Waals surface area contributed by atoms with Crippen LogP contribution in [0.4, 0.5) is 0 Å². The molecule has 160 valence electrons. The second kappa shape index (κ2) is 10.4. The lowest BCUT2D eigenvalue weighted by atomic mass is 9.86. The van der Waals surface area contributed by atoms with Crippen molar-refractivity contribution in [1.82, 2.24) is 10.0 Å². The van der Waals surface area contributed by atoms with Gasteiger partial charge in [0.15, 0.2) is 6.61 Å². The average molecular weight is 425 g/mol. The summed E-state index contributed by atoms with van der Waals surface area (Å²) in [4.78, 5) is 23.8. The number of hydrogen-bond donors (Lipinski definition) is 2. The predicted molar refractivity (Wildman–Crippen MR) is 109 cm³/mol. The molecule has 0 saturated heterocycles. The molecule has 0 unspecified atom stereocenters. The molecule has 1 aliphatic carbocycles. The molecule has 1 aromatic carbocycles. The van der Waals surface area contributed by atoms with Crippen LogP contribution in [-0.2, 0) is 24.3 Å². The number of amides is 1. The summed E-state index contributed by atoms with van der Waals surface area (Å²) in [6, 6.07) is 4.60. The Morgan fingerprint density at radius 3 is 2.62 bits per heavy atom. The number of hydrogen-bond acceptors (Lipinski definition) is 6. The number of sulfonamides is 1. The van der Waals surface area contributed by atoms with E-state index in [1.165, 1.54) is 38.8 Å². The van der Waals surface area contributed by atoms with Gasteiger partial charge in [-0.05, 0) is 49.6 Å². The Balaban J connectivity index is 1.93. The monoisotopic (exact) mass is 424 g/mol. The number of nitrogens with one attached hydrogen (secondary N) is 2. The van der Waals surface area contributed by atoms with E-state index in [0.717, 1.165) is 25.3 Å². The summed E-state index contributed by atoms with van der Waals surface area (Å²) in [5.41, 5.74) is 0.469. The van der Waals surface area contributed by atoms with E-state index in [1.807, 2.05) is 0 Å². The molecule has 1 amide bonds. The van der Waals surface area contributed by atoms with Gasteiger partial charge in [0.25, 0.3) is 5.91 Å². The van der Waals surface area contributed by atoms with Gasteiger partial charge in [0, 0.05) is 12.1 Å². The first kappa shape index (κ1) is 22.9. The van der Waals surface area contributed by atoms with Crippen LogP contribution >= 0.6 is 0 Å². The van der Waals surface area contributed by atoms with Crippen LogP contribution in [0.3, 0.4) is 0 Å². The van der Waals surface area contributed by atoms with E-state index in [0.29, 0.717) is 11.5 Å². The quantitative estimate of drug-likeness (QED) is 0.487. The summed E-state index contributed by atoms with van der Waals surface area (Å²) >= 11 is 0. The Kier molecular flexibility index (Phi) is 8.21. The highest BCUT2D eigenvalue weighted by molar-refractivity contribution is 7.89. The Labute approximate surface area is 171 Å². The second-order valence-corrected chi connectivity index (χ2v) is 8.85. The molecule has 0 aliphatic heterocycles. The zero-order valence-electron chi connectivity index (χ0n) is 16.9. The molecule has 0 heterocycles. The molecule has 0 bridgehead atoms. The van der Waals surface area contributed by atoms with E-state index in [4.69, 9.17) is 9.47 Å². The van der Waals surface area contributed by atoms with Gasteiger partial charge in [-0.3, -0.25) is 4.79 Å². The fourth-order valence-electron chi connectivity index (χ4n) is 3.25. The number of carbonyl (C=O) groups excluding carboxylic acids is 2. The van der Waals surface area contributed by atoms with Gasteiger partial charge < -0.3 is 14.8 Å². The Hall–Kier alpha value is -2.39. The van der Waals surface area contributed by atoms with Crippen molar-refractivity contribution >= 4 is 28.0 Å². The highest BCUT2D eigenvalue weighted by Crippen LogP contribution is 2.25. The molecule has 1 aliphatic rings. The highest BCUT2D eigenvalue weighted by atomic mass is 32.2. The van der Waals surface area contributed by atoms with Crippen molar-refractivity contribution in [3.05, 3.63) is 29.8 Å². The van der Waals surface area contributed by atoms with Gasteiger partial charge in [0.05, 0.1) is 7.11 Å². The Morgan fingerprint density at radius 2 is 1.97 bits per heavy atom. The van der Waals surface area contributed by atoms with Gasteiger partial charge in [-0.1, -0.05) is 25.8 Å². The van der Waals surface area contributed by atoms with E-state index in [9.17, 15) is 18.0 Å². The molecule has 2 atom stereocenters. The van der Waals surface area contributed by atoms with Gasteiger partial charge >= 0.3 is 5.97 Å². The molecule has 29 heavy (non-hydrogen) atoms. The predicted octanol–water partition coefficient (Wildman–Crippen LogP) is 1.85. The number of methoxy groups -OCH3 is 1. The minimum absolute atomic E-state index is 0.0426. The van der Waals surface area contributed by atoms with Crippen LogP contribution in [0.5, 0.6) is 5.75 Å². The molecule has 8 nitrogen and oxygen atoms in total. The standard InChI is InChI=1S/C20H28N2O6S/c1-14-6-4-5-7-16(14)22-19(23)13-28-20(24)11-9-15-8-10-17(27-3)18(12-15)29(25,26)21-2/h8-12,14,16,21H,4-7,13H2,1-3H3,(H,22,23)/b11-9+/t14-,16+/m1/s1. The van der Waals surface area contributed by atoms with Crippen LogP contribution in [0.25, 0.3) is 6.08 Å². The van der Waals surface area contributed by atoms with Crippen molar-refractivity contribution in [2.75, 3.05) is 20.8 Å². The maximum absolute atomic E-state index is 12.1. The lowest BCUT2D eigenvalue weighted by Crippen LogP contribution is -2.42. The maximum Gasteiger partial charge on any atom is 0.331 e. The summed E-state index contributed by atoms with van der Waals surface area (Å²) in [6.07, 6.45) is 6.85. The zero-order valence-corrected chi connectivity index (χ0v) is 17.8. The van der Waals surface area contributed by atoms with Gasteiger partial charge in [0.2, 0.25) is 10.0 Å². The van der Waals surface area contributed by atoms with Crippen LogP contribution in [0.2, 0.25) is 0 Å². The highest BCUT2D eigenvalue weighted by Gasteiger charge is 2.23. The third-order valence-electron chi connectivity index (χ3n) is 4.96. The third-order valence-corrected chi connectivity index (χ3v) is 6.40. The molecule has 0 radical (unpaired) electrons. The topological polar surface area (TPSA) is 111 Å². The molecule has 1 aromatic rings. The van der Waals surface area contributed by atoms with E-state index in [-0.39, 0.29) is 29.2 Å². The van der Waals surface area contributed by atoms with E-state index in [2.05, 4.69) is 17.0 Å². The van der Waals surface area contributed by atoms with E-state index in [1.54, 1.807) is 6.07 Å². The Bertz CT molecular complexity index is 866. The molecule has 0 aromatic heterocycles. The molecule has 2 rings (SSSR count). The summed E-state index contributed by atoms with van der Waals surface area (Å²) in [5, 5.41) is 2.91. The lowest BCUT2D eigenvalue weighted by molar-refractivity contribution is -0.144. The largest absolute Gasteiger partial charge is 0.495 e. The fourth-order valence-corrected chi connectivity index (χ4v) is 4.17. The SMILES string of the molecule is CNS(=O)(=O)c1cc(/C=C/C(=O)OCC(=O)N[C@H]2CCCC[C@H]2C)ccc1OC. The van der Waals surface area contributed by atoms with Gasteiger partial charge in [-0.2, -0.15) is 0 Å². The van der Waals surface area contributed by atoms with Crippen LogP contribution < -0.4 is 14.8 Å². The fraction of sp³-hybridized carbons (Fsp3) is 0.500. The number of ether oxygens (including phenoxy) is 2. The normalized spacial score (nSPS) is 19.7. The number of rotatable bonds is 8. The summed E-state index contributed by atoms with van der Waals surface area (Å²) in [5.74, 6) is -0.405. The molecule has 1 saturated carbocycles. The van der Waals surface area contributed by atoms with Gasteiger partial charge in [-0.25, -0.2) is 17.9 Å². The van der Waals surface area contributed by atoms with Gasteiger partial charge in [-0.15, -0.1) is 0 Å². The number of esters is 1. The minimum atomic E-state index is -3.72. The molecule has 2 N–H and O–H groups in total. The van der Waals surface area contributed by atoms with E-state index >= 15 is 0 Å². The van der Waals surface area contributed by atoms with Crippen LogP contribution in [-0.4, -0.2) is 47.1 Å². The van der Waals surface area contributed by atoms with Crippen molar-refractivity contribution in [3.8, 4) is 5.75 Å². The summed E-state index contributed by atoms with van der Waals surface area (Å²) in [7, 11) is -1.05. The van der Waals surface area contributed by atoms with Crippen LogP contribution in [0.1, 0.15) is 38.2 Å². The van der Waals surface area contributed by atoms with Crippen molar-refractivity contribution in [2.24, 2.45) is 5.92 Å². The van der Waals surface area contributed by atoms with Crippen molar-refractivity contribution in [2.45, 2.75) is 43.5 Å². The smallest absolute Gasteiger partial charge is 0.331 e. The van der Waals surface area contributed by atoms with Crippen LogP contribution in [0, 0.1) is 5.92 Å². The van der Waals surface area contributed by atoms with Crippen molar-refractivity contribution < 1.29 is 27.5 Å². The Morgan fingerprint density at radius 1 is 1.24 bits per heavy atom. The van der Waals surface area contributed by atoms with Crippen molar-refractivity contribution in [1.29, 1.82) is 0 Å². The zero-order chi connectivity index (χ0) is 21.4. The second-order valence-electron chi connectivity index (χ2n) is 6.99. The van der Waals surface area contributed by atoms with Crippen LogP contribution in [0.15, 0.2) is 29.2 Å². The van der Waals surface area contributed by atoms with Crippen molar-refractivity contribution in [3.63, 3.8) is 0 Å². The van der Waals surface area contributed by atoms with E-state index < -0.39 is 16.0 Å². The third kappa shape index (κ3) is 6.57. The number of benzene rings is 1. The molecule has 9 heteroatoms. The molecule has 0 spiro atoms. The first-order valence-electron chi connectivity index (χ1n) is 9.52. The van der Waals surface area contributed by atoms with Gasteiger partial charge in [0.1, 0.15) is 10.6 Å². The average Bonchev–Trinajstić information content (AvgIpc) is 2.72. The number of carbonyl (C=O) groups is 2. The minimum Gasteiger partial charge on any atom is -0.495 e. The first-order chi connectivity index (χ1) is 13.8.